The molecule has 154 valence electrons. The Bertz CT molecular complexity index is 1310. The van der Waals surface area contributed by atoms with Gasteiger partial charge in [0.15, 0.2) is 0 Å². The monoisotopic (exact) mass is 411 g/mol. The van der Waals surface area contributed by atoms with Crippen LogP contribution in [-0.2, 0) is 4.79 Å². The zero-order valence-corrected chi connectivity index (χ0v) is 16.9. The molecule has 0 atom stereocenters. The molecule has 2 aromatic carbocycles. The van der Waals surface area contributed by atoms with Gasteiger partial charge < -0.3 is 14.9 Å². The van der Waals surface area contributed by atoms with E-state index in [1.165, 1.54) is 6.08 Å². The van der Waals surface area contributed by atoms with E-state index in [1.54, 1.807) is 29.6 Å². The van der Waals surface area contributed by atoms with Crippen LogP contribution >= 0.6 is 0 Å². The average Bonchev–Trinajstić information content (AvgIpc) is 2.82. The average molecular weight is 411 g/mol. The molecule has 4 aromatic rings. The van der Waals surface area contributed by atoms with Crippen molar-refractivity contribution in [3.05, 3.63) is 67.6 Å². The topological polar surface area (TPSA) is 82.5 Å². The van der Waals surface area contributed by atoms with Gasteiger partial charge in [-0.3, -0.25) is 9.78 Å². The molecule has 0 bridgehead atoms. The number of piperazine rings is 1. The molecule has 1 aliphatic heterocycles. The predicted molar refractivity (Wildman–Crippen MR) is 121 cm³/mol. The SMILES string of the molecule is C=CC(=O)N1CCN(c2ncnc3cc(-c4cc(O)cc5ccccc45)ncc23)CC1. The molecular formula is C24H21N5O2. The van der Waals surface area contributed by atoms with E-state index in [2.05, 4.69) is 26.4 Å². The fourth-order valence-corrected chi connectivity index (χ4v) is 4.11. The van der Waals surface area contributed by atoms with Gasteiger partial charge in [-0.05, 0) is 35.0 Å². The second-order valence-electron chi connectivity index (χ2n) is 7.51. The lowest BCUT2D eigenvalue weighted by molar-refractivity contribution is -0.126. The molecule has 0 aliphatic carbocycles. The smallest absolute Gasteiger partial charge is 0.246 e. The van der Waals surface area contributed by atoms with Crippen LogP contribution in [0.3, 0.4) is 0 Å². The van der Waals surface area contributed by atoms with E-state index < -0.39 is 0 Å². The summed E-state index contributed by atoms with van der Waals surface area (Å²) < 4.78 is 0. The largest absolute Gasteiger partial charge is 0.508 e. The predicted octanol–water partition coefficient (Wildman–Crippen LogP) is 3.39. The number of fused-ring (bicyclic) bond motifs is 2. The van der Waals surface area contributed by atoms with Crippen LogP contribution in [0.5, 0.6) is 5.75 Å². The molecule has 3 heterocycles. The molecule has 1 N–H and O–H groups in total. The summed E-state index contributed by atoms with van der Waals surface area (Å²) in [7, 11) is 0. The first-order valence-corrected chi connectivity index (χ1v) is 10.1. The highest BCUT2D eigenvalue weighted by Crippen LogP contribution is 2.33. The Hall–Kier alpha value is -4.00. The van der Waals surface area contributed by atoms with Crippen molar-refractivity contribution >= 4 is 33.4 Å². The second kappa shape index (κ2) is 7.68. The quantitative estimate of drug-likeness (QED) is 0.521. The molecular weight excluding hydrogens is 390 g/mol. The standard InChI is InChI=1S/C24H21N5O2/c1-2-23(31)28-7-9-29(10-8-28)24-20-14-25-21(13-22(20)26-15-27-24)19-12-17(30)11-16-5-3-4-6-18(16)19/h2-6,11-15,30H,1,7-10H2. The Balaban J connectivity index is 1.52. The molecule has 1 fully saturated rings. The first kappa shape index (κ1) is 19.0. The number of anilines is 1. The summed E-state index contributed by atoms with van der Waals surface area (Å²) in [6.07, 6.45) is 4.70. The number of aromatic nitrogens is 3. The van der Waals surface area contributed by atoms with Gasteiger partial charge in [0, 0.05) is 37.9 Å². The number of rotatable bonds is 3. The molecule has 31 heavy (non-hydrogen) atoms. The lowest BCUT2D eigenvalue weighted by Gasteiger charge is -2.35. The second-order valence-corrected chi connectivity index (χ2v) is 7.51. The number of aromatic hydroxyl groups is 1. The van der Waals surface area contributed by atoms with Crippen molar-refractivity contribution in [3.8, 4) is 17.0 Å². The molecule has 1 aliphatic rings. The van der Waals surface area contributed by atoms with E-state index >= 15 is 0 Å². The van der Waals surface area contributed by atoms with Crippen LogP contribution in [0.4, 0.5) is 5.82 Å². The van der Waals surface area contributed by atoms with Crippen molar-refractivity contribution in [3.63, 3.8) is 0 Å². The van der Waals surface area contributed by atoms with Crippen molar-refractivity contribution in [1.82, 2.24) is 19.9 Å². The first-order chi connectivity index (χ1) is 15.1. The lowest BCUT2D eigenvalue weighted by atomic mass is 10.0. The van der Waals surface area contributed by atoms with Gasteiger partial charge >= 0.3 is 0 Å². The number of hydrogen-bond acceptors (Lipinski definition) is 6. The van der Waals surface area contributed by atoms with Crippen LogP contribution in [0.2, 0.25) is 0 Å². The van der Waals surface area contributed by atoms with Crippen LogP contribution in [0.1, 0.15) is 0 Å². The van der Waals surface area contributed by atoms with Gasteiger partial charge in [0.2, 0.25) is 5.91 Å². The summed E-state index contributed by atoms with van der Waals surface area (Å²) in [5.74, 6) is 0.971. The third kappa shape index (κ3) is 3.44. The Morgan fingerprint density at radius 2 is 1.81 bits per heavy atom. The Kier molecular flexibility index (Phi) is 4.71. The number of phenols is 1. The molecule has 2 aromatic heterocycles. The highest BCUT2D eigenvalue weighted by Gasteiger charge is 2.22. The van der Waals surface area contributed by atoms with Crippen LogP contribution in [-0.4, -0.2) is 57.0 Å². The Morgan fingerprint density at radius 1 is 1.00 bits per heavy atom. The number of phenolic OH excluding ortho intramolecular Hbond substituents is 1. The minimum atomic E-state index is -0.0446. The molecule has 7 heteroatoms. The minimum Gasteiger partial charge on any atom is -0.508 e. The van der Waals surface area contributed by atoms with Gasteiger partial charge in [-0.2, -0.15) is 0 Å². The maximum absolute atomic E-state index is 11.8. The van der Waals surface area contributed by atoms with Gasteiger partial charge in [0.1, 0.15) is 17.9 Å². The van der Waals surface area contributed by atoms with Crippen LogP contribution in [0.15, 0.2) is 67.6 Å². The fraction of sp³-hybridized carbons (Fsp3) is 0.167. The van der Waals surface area contributed by atoms with Crippen molar-refractivity contribution in [2.24, 2.45) is 0 Å². The van der Waals surface area contributed by atoms with Crippen molar-refractivity contribution in [1.29, 1.82) is 0 Å². The zero-order valence-electron chi connectivity index (χ0n) is 16.9. The molecule has 1 amide bonds. The zero-order chi connectivity index (χ0) is 21.4. The number of nitrogens with zero attached hydrogens (tertiary/aromatic N) is 5. The van der Waals surface area contributed by atoms with Crippen molar-refractivity contribution in [2.75, 3.05) is 31.1 Å². The van der Waals surface area contributed by atoms with Crippen LogP contribution < -0.4 is 4.90 Å². The normalized spacial score (nSPS) is 14.2. The van der Waals surface area contributed by atoms with Gasteiger partial charge in [0.05, 0.1) is 16.6 Å². The molecule has 5 rings (SSSR count). The maximum Gasteiger partial charge on any atom is 0.246 e. The molecule has 0 saturated carbocycles. The molecule has 1 saturated heterocycles. The van der Waals surface area contributed by atoms with E-state index in [4.69, 9.17) is 0 Å². The number of carbonyl (C=O) groups is 1. The first-order valence-electron chi connectivity index (χ1n) is 10.1. The van der Waals surface area contributed by atoms with E-state index in [1.807, 2.05) is 30.3 Å². The number of hydrogen-bond donors (Lipinski definition) is 1. The Labute approximate surface area is 179 Å². The molecule has 0 spiro atoms. The summed E-state index contributed by atoms with van der Waals surface area (Å²) in [6.45, 7) is 6.18. The van der Waals surface area contributed by atoms with Crippen LogP contribution in [0.25, 0.3) is 32.9 Å². The number of pyridine rings is 1. The van der Waals surface area contributed by atoms with Crippen molar-refractivity contribution < 1.29 is 9.90 Å². The number of amides is 1. The molecule has 0 unspecified atom stereocenters. The lowest BCUT2D eigenvalue weighted by Crippen LogP contribution is -2.48. The summed E-state index contributed by atoms with van der Waals surface area (Å²) in [5.41, 5.74) is 2.38. The summed E-state index contributed by atoms with van der Waals surface area (Å²) >= 11 is 0. The highest BCUT2D eigenvalue weighted by atomic mass is 16.3. The van der Waals surface area contributed by atoms with Crippen molar-refractivity contribution in [2.45, 2.75) is 0 Å². The minimum absolute atomic E-state index is 0.0446. The number of benzene rings is 2. The van der Waals surface area contributed by atoms with E-state index in [0.717, 1.165) is 38.8 Å². The van der Waals surface area contributed by atoms with E-state index in [-0.39, 0.29) is 11.7 Å². The van der Waals surface area contributed by atoms with Gasteiger partial charge in [-0.25, -0.2) is 9.97 Å². The maximum atomic E-state index is 11.8. The van der Waals surface area contributed by atoms with Crippen LogP contribution in [0, 0.1) is 0 Å². The summed E-state index contributed by atoms with van der Waals surface area (Å²) in [5, 5.41) is 13.0. The molecule has 7 nitrogen and oxygen atoms in total. The third-order valence-electron chi connectivity index (χ3n) is 5.69. The van der Waals surface area contributed by atoms with E-state index in [0.29, 0.717) is 26.2 Å². The van der Waals surface area contributed by atoms with Gasteiger partial charge in [-0.15, -0.1) is 0 Å². The van der Waals surface area contributed by atoms with Gasteiger partial charge in [0.25, 0.3) is 0 Å². The summed E-state index contributed by atoms with van der Waals surface area (Å²) in [4.78, 5) is 29.4. The number of carbonyl (C=O) groups excluding carboxylic acids is 1. The summed E-state index contributed by atoms with van der Waals surface area (Å²) in [6, 6.07) is 13.3. The molecule has 0 radical (unpaired) electrons. The fourth-order valence-electron chi connectivity index (χ4n) is 4.11. The van der Waals surface area contributed by atoms with E-state index in [9.17, 15) is 9.90 Å². The Morgan fingerprint density at radius 3 is 2.61 bits per heavy atom. The van der Waals surface area contributed by atoms with Gasteiger partial charge in [-0.1, -0.05) is 30.8 Å². The highest BCUT2D eigenvalue weighted by molar-refractivity contribution is 5.99. The third-order valence-corrected chi connectivity index (χ3v) is 5.69.